The Labute approximate surface area is 158 Å². The number of rotatable bonds is 6. The number of hydrogen-bond donors (Lipinski definition) is 2. The van der Waals surface area contributed by atoms with E-state index >= 15 is 0 Å². The summed E-state index contributed by atoms with van der Waals surface area (Å²) in [6, 6.07) is 0. The van der Waals surface area contributed by atoms with Gasteiger partial charge in [0, 0.05) is 0 Å². The molecule has 0 unspecified atom stereocenters. The highest BCUT2D eigenvalue weighted by molar-refractivity contribution is 6.61. The Morgan fingerprint density at radius 2 is 0.867 bits per heavy atom. The standard InChI is InChI=1S/C5F14Si.2C3H5NO/c6-1(7,2(8,9)4(12,13)14)3(10,11)5(15,16)20(17,18)19;2*1-2-3(4)5/h;2*2H,1H2,(H2,4,5). The summed E-state index contributed by atoms with van der Waals surface area (Å²) in [5.74, 6) is -24.8. The van der Waals surface area contributed by atoms with E-state index in [0.29, 0.717) is 0 Å². The molecule has 0 atom stereocenters. The van der Waals surface area contributed by atoms with Gasteiger partial charge in [0.2, 0.25) is 11.8 Å². The molecule has 2 amide bonds. The molecule has 4 N–H and O–H groups in total. The van der Waals surface area contributed by atoms with E-state index in [1.54, 1.807) is 0 Å². The fraction of sp³-hybridized carbons (Fsp3) is 0.455. The highest BCUT2D eigenvalue weighted by atomic mass is 28.5. The van der Waals surface area contributed by atoms with Gasteiger partial charge in [-0.3, -0.25) is 9.59 Å². The molecule has 0 aliphatic heterocycles. The first-order chi connectivity index (χ1) is 12.8. The van der Waals surface area contributed by atoms with Crippen molar-refractivity contribution >= 4 is 20.9 Å². The van der Waals surface area contributed by atoms with Crippen molar-refractivity contribution in [2.45, 2.75) is 29.5 Å². The molecule has 0 bridgehead atoms. The molecule has 0 aromatic carbocycles. The number of carbonyl (C=O) groups excluding carboxylic acids is 2. The van der Waals surface area contributed by atoms with Gasteiger partial charge in [-0.15, -0.1) is 0 Å². The SMILES string of the molecule is C=CC(N)=O.C=CC(N)=O.FC(F)(F)C(F)(F)C(F)(F)C(F)(F)C(F)(F)[Si](F)(F)F. The third-order valence-corrected chi connectivity index (χ3v) is 3.32. The summed E-state index contributed by atoms with van der Waals surface area (Å²) in [7, 11) is -9.03. The Hall–Kier alpha value is -2.34. The molecule has 4 nitrogen and oxygen atoms in total. The van der Waals surface area contributed by atoms with E-state index in [-0.39, 0.29) is 0 Å². The second-order valence-electron chi connectivity index (χ2n) is 4.51. The minimum atomic E-state index is -9.03. The van der Waals surface area contributed by atoms with Crippen LogP contribution < -0.4 is 11.5 Å². The summed E-state index contributed by atoms with van der Waals surface area (Å²) in [6.07, 6.45) is -5.36. The monoisotopic (exact) mass is 496 g/mol. The maximum absolute atomic E-state index is 12.3. The fourth-order valence-electron chi connectivity index (χ4n) is 0.750. The lowest BCUT2D eigenvalue weighted by molar-refractivity contribution is -0.416. The maximum Gasteiger partial charge on any atom is 0.697 e. The van der Waals surface area contributed by atoms with Crippen LogP contribution in [0.1, 0.15) is 0 Å². The largest absolute Gasteiger partial charge is 0.697 e. The molecule has 0 heterocycles. The van der Waals surface area contributed by atoms with Gasteiger partial charge in [0.25, 0.3) is 0 Å². The third-order valence-electron chi connectivity index (χ3n) is 2.30. The van der Waals surface area contributed by atoms with Crippen LogP contribution in [0.4, 0.5) is 60.6 Å². The van der Waals surface area contributed by atoms with Crippen molar-refractivity contribution in [3.05, 3.63) is 25.3 Å². The molecule has 0 fully saturated rings. The quantitative estimate of drug-likeness (QED) is 0.254. The molecule has 0 aromatic heterocycles. The smallest absolute Gasteiger partial charge is 0.366 e. The summed E-state index contributed by atoms with van der Waals surface area (Å²) in [5, 5.41) is 0. The number of hydrogen-bond acceptors (Lipinski definition) is 2. The lowest BCUT2D eigenvalue weighted by Gasteiger charge is -2.36. The lowest BCUT2D eigenvalue weighted by Crippen LogP contribution is -2.70. The number of primary amides is 2. The van der Waals surface area contributed by atoms with Gasteiger partial charge >= 0.3 is 38.6 Å². The predicted octanol–water partition coefficient (Wildman–Crippen LogP) is 3.79. The van der Waals surface area contributed by atoms with E-state index in [4.69, 9.17) is 0 Å². The molecule has 30 heavy (non-hydrogen) atoms. The topological polar surface area (TPSA) is 86.2 Å². The van der Waals surface area contributed by atoms with Gasteiger partial charge < -0.3 is 11.5 Å². The van der Waals surface area contributed by atoms with E-state index in [0.717, 1.165) is 12.2 Å². The van der Waals surface area contributed by atoms with Crippen molar-refractivity contribution in [3.63, 3.8) is 0 Å². The molecule has 0 aromatic rings. The highest BCUT2D eigenvalue weighted by Gasteiger charge is 2.92. The zero-order valence-electron chi connectivity index (χ0n) is 13.8. The molecular formula is C11H10F14N2O2Si. The van der Waals surface area contributed by atoms with Crippen molar-refractivity contribution in [1.82, 2.24) is 0 Å². The second kappa shape index (κ2) is 10.1. The van der Waals surface area contributed by atoms with E-state index in [1.807, 2.05) is 0 Å². The number of carbonyl (C=O) groups is 2. The van der Waals surface area contributed by atoms with E-state index in [2.05, 4.69) is 24.6 Å². The second-order valence-corrected chi connectivity index (χ2v) is 6.13. The summed E-state index contributed by atoms with van der Waals surface area (Å²) in [5.41, 5.74) is 1.39. The maximum atomic E-state index is 12.3. The van der Waals surface area contributed by atoms with Crippen LogP contribution in [0.3, 0.4) is 0 Å². The Balaban J connectivity index is -0.000000599. The summed E-state index contributed by atoms with van der Waals surface area (Å²) >= 11 is 0. The summed E-state index contributed by atoms with van der Waals surface area (Å²) in [6.45, 7) is 6.17. The Bertz CT molecular complexity index is 572. The lowest BCUT2D eigenvalue weighted by atomic mass is 10.0. The molecule has 0 saturated carbocycles. The van der Waals surface area contributed by atoms with Crippen LogP contribution >= 0.6 is 0 Å². The minimum absolute atomic E-state index is 0.481. The average molecular weight is 496 g/mol. The minimum Gasteiger partial charge on any atom is -0.366 e. The van der Waals surface area contributed by atoms with Gasteiger partial charge in [-0.25, -0.2) is 12.3 Å². The van der Waals surface area contributed by atoms with Crippen molar-refractivity contribution in [3.8, 4) is 0 Å². The van der Waals surface area contributed by atoms with Crippen LogP contribution in [0.25, 0.3) is 0 Å². The van der Waals surface area contributed by atoms with Crippen molar-refractivity contribution in [2.24, 2.45) is 11.5 Å². The number of amides is 2. The Kier molecular flexibility index (Phi) is 10.9. The van der Waals surface area contributed by atoms with Crippen LogP contribution in [0.5, 0.6) is 0 Å². The molecule has 0 spiro atoms. The first kappa shape index (κ1) is 32.3. The van der Waals surface area contributed by atoms with Crippen molar-refractivity contribution in [1.29, 1.82) is 0 Å². The molecule has 178 valence electrons. The summed E-state index contributed by atoms with van der Waals surface area (Å²) < 4.78 is 167. The van der Waals surface area contributed by atoms with E-state index in [9.17, 15) is 70.2 Å². The zero-order valence-corrected chi connectivity index (χ0v) is 14.8. The molecule has 0 aliphatic rings. The molecule has 0 saturated heterocycles. The van der Waals surface area contributed by atoms with Crippen molar-refractivity contribution < 1.29 is 70.2 Å². The number of halogens is 14. The molecular weight excluding hydrogens is 486 g/mol. The van der Waals surface area contributed by atoms with Crippen molar-refractivity contribution in [2.75, 3.05) is 0 Å². The molecule has 0 radical (unpaired) electrons. The van der Waals surface area contributed by atoms with Gasteiger partial charge in [0.15, 0.2) is 0 Å². The van der Waals surface area contributed by atoms with Gasteiger partial charge in [-0.2, -0.15) is 48.3 Å². The number of alkyl halides is 11. The number of nitrogens with two attached hydrogens (primary N) is 2. The normalized spacial score (nSPS) is 13.1. The van der Waals surface area contributed by atoms with Crippen LogP contribution in [0, 0.1) is 0 Å². The fourth-order valence-corrected chi connectivity index (χ4v) is 1.26. The van der Waals surface area contributed by atoms with Crippen LogP contribution in [-0.4, -0.2) is 50.4 Å². The van der Waals surface area contributed by atoms with Gasteiger partial charge in [-0.05, 0) is 12.2 Å². The van der Waals surface area contributed by atoms with Crippen LogP contribution in [0.15, 0.2) is 25.3 Å². The Morgan fingerprint density at radius 3 is 1.00 bits per heavy atom. The Morgan fingerprint density at radius 1 is 0.633 bits per heavy atom. The molecule has 19 heteroatoms. The van der Waals surface area contributed by atoms with E-state index < -0.39 is 50.4 Å². The van der Waals surface area contributed by atoms with Crippen LogP contribution in [0.2, 0.25) is 0 Å². The third kappa shape index (κ3) is 7.17. The van der Waals surface area contributed by atoms with E-state index in [1.165, 1.54) is 0 Å². The highest BCUT2D eigenvalue weighted by Crippen LogP contribution is 2.59. The molecule has 0 rings (SSSR count). The first-order valence-electron chi connectivity index (χ1n) is 6.28. The van der Waals surface area contributed by atoms with Crippen LogP contribution in [-0.2, 0) is 9.59 Å². The van der Waals surface area contributed by atoms with Gasteiger partial charge in [0.05, 0.1) is 0 Å². The first-order valence-corrected chi connectivity index (χ1v) is 7.91. The van der Waals surface area contributed by atoms with Gasteiger partial charge in [-0.1, -0.05) is 13.2 Å². The molecule has 0 aliphatic carbocycles. The zero-order chi connectivity index (χ0) is 25.6. The van der Waals surface area contributed by atoms with Gasteiger partial charge in [0.1, 0.15) is 0 Å². The predicted molar refractivity (Wildman–Crippen MR) is 73.7 cm³/mol. The average Bonchev–Trinajstić information content (AvgIpc) is 2.53. The summed E-state index contributed by atoms with van der Waals surface area (Å²) in [4.78, 5) is 18.9.